The van der Waals surface area contributed by atoms with Gasteiger partial charge >= 0.3 is 6.61 Å². The van der Waals surface area contributed by atoms with E-state index >= 15 is 0 Å². The van der Waals surface area contributed by atoms with Gasteiger partial charge in [0.05, 0.1) is 7.11 Å². The molecule has 8 heteroatoms. The van der Waals surface area contributed by atoms with Crippen LogP contribution >= 0.6 is 0 Å². The lowest BCUT2D eigenvalue weighted by Gasteiger charge is -2.27. The van der Waals surface area contributed by atoms with Crippen LogP contribution in [0.3, 0.4) is 0 Å². The van der Waals surface area contributed by atoms with E-state index in [0.717, 1.165) is 32.7 Å². The summed E-state index contributed by atoms with van der Waals surface area (Å²) in [5.74, 6) is -0.276. The van der Waals surface area contributed by atoms with E-state index < -0.39 is 6.61 Å². The standard InChI is InChI=1S/C15H21F2N3O3/c1-22-13-10-11(2-3-12(13)23-15(16)17)14(21)19-6-9-20-7-4-18-5-8-20/h2-3,10,15,18H,4-9H2,1H3,(H,19,21). The Morgan fingerprint density at radius 1 is 1.35 bits per heavy atom. The van der Waals surface area contributed by atoms with Crippen molar-refractivity contribution in [3.8, 4) is 11.5 Å². The molecule has 0 radical (unpaired) electrons. The van der Waals surface area contributed by atoms with Crippen LogP contribution in [0.2, 0.25) is 0 Å². The summed E-state index contributed by atoms with van der Waals surface area (Å²) in [6.07, 6.45) is 0. The average molecular weight is 329 g/mol. The predicted octanol–water partition coefficient (Wildman–Crippen LogP) is 0.932. The molecule has 23 heavy (non-hydrogen) atoms. The highest BCUT2D eigenvalue weighted by Gasteiger charge is 2.14. The largest absolute Gasteiger partial charge is 0.493 e. The Kier molecular flexibility index (Phi) is 6.54. The van der Waals surface area contributed by atoms with Gasteiger partial charge in [0.15, 0.2) is 11.5 Å². The third-order valence-corrected chi connectivity index (χ3v) is 3.57. The number of nitrogens with one attached hydrogen (secondary N) is 2. The third kappa shape index (κ3) is 5.33. The molecule has 1 saturated heterocycles. The maximum absolute atomic E-state index is 12.3. The summed E-state index contributed by atoms with van der Waals surface area (Å²) in [4.78, 5) is 14.4. The number of hydrogen-bond donors (Lipinski definition) is 2. The maximum Gasteiger partial charge on any atom is 0.387 e. The van der Waals surface area contributed by atoms with E-state index in [4.69, 9.17) is 4.74 Å². The summed E-state index contributed by atoms with van der Waals surface area (Å²) >= 11 is 0. The number of benzene rings is 1. The van der Waals surface area contributed by atoms with Gasteiger partial charge in [-0.2, -0.15) is 8.78 Å². The SMILES string of the molecule is COc1cc(C(=O)NCCN2CCNCC2)ccc1OC(F)F. The number of amides is 1. The zero-order chi connectivity index (χ0) is 16.7. The quantitative estimate of drug-likeness (QED) is 0.779. The lowest BCUT2D eigenvalue weighted by atomic mass is 10.2. The predicted molar refractivity (Wildman–Crippen MR) is 81.3 cm³/mol. The number of carbonyl (C=O) groups is 1. The van der Waals surface area contributed by atoms with Gasteiger partial charge < -0.3 is 20.1 Å². The van der Waals surface area contributed by atoms with Gasteiger partial charge in [0.25, 0.3) is 5.91 Å². The molecule has 0 spiro atoms. The number of piperazine rings is 1. The van der Waals surface area contributed by atoms with Gasteiger partial charge in [-0.15, -0.1) is 0 Å². The molecule has 0 saturated carbocycles. The number of ether oxygens (including phenoxy) is 2. The first kappa shape index (κ1) is 17.4. The van der Waals surface area contributed by atoms with Gasteiger partial charge in [0, 0.05) is 44.8 Å². The van der Waals surface area contributed by atoms with Crippen LogP contribution in [0.25, 0.3) is 0 Å². The first-order chi connectivity index (χ1) is 11.1. The molecule has 1 aliphatic heterocycles. The Labute approximate surface area is 133 Å². The van der Waals surface area contributed by atoms with Crippen LogP contribution in [0.15, 0.2) is 18.2 Å². The molecule has 2 N–H and O–H groups in total. The second kappa shape index (κ2) is 8.64. The van der Waals surface area contributed by atoms with E-state index in [0.29, 0.717) is 12.1 Å². The average Bonchev–Trinajstić information content (AvgIpc) is 2.55. The van der Waals surface area contributed by atoms with Crippen molar-refractivity contribution in [2.24, 2.45) is 0 Å². The Morgan fingerprint density at radius 3 is 2.74 bits per heavy atom. The van der Waals surface area contributed by atoms with Crippen LogP contribution in [0.5, 0.6) is 11.5 Å². The van der Waals surface area contributed by atoms with Gasteiger partial charge in [-0.1, -0.05) is 0 Å². The maximum atomic E-state index is 12.3. The van der Waals surface area contributed by atoms with E-state index in [1.807, 2.05) is 0 Å². The summed E-state index contributed by atoms with van der Waals surface area (Å²) in [6.45, 7) is 2.19. The fraction of sp³-hybridized carbons (Fsp3) is 0.533. The molecule has 1 aliphatic rings. The van der Waals surface area contributed by atoms with Gasteiger partial charge in [0.1, 0.15) is 0 Å². The van der Waals surface area contributed by atoms with Crippen LogP contribution in [0, 0.1) is 0 Å². The molecule has 2 rings (SSSR count). The molecule has 1 aromatic carbocycles. The highest BCUT2D eigenvalue weighted by Crippen LogP contribution is 2.29. The number of alkyl halides is 2. The fourth-order valence-electron chi connectivity index (χ4n) is 2.37. The molecule has 0 atom stereocenters. The molecule has 0 aromatic heterocycles. The molecule has 0 aliphatic carbocycles. The fourth-order valence-corrected chi connectivity index (χ4v) is 2.37. The van der Waals surface area contributed by atoms with E-state index in [-0.39, 0.29) is 17.4 Å². The minimum absolute atomic E-state index is 0.0973. The Bertz CT molecular complexity index is 523. The molecule has 1 amide bonds. The van der Waals surface area contributed by atoms with Crippen molar-refractivity contribution < 1.29 is 23.0 Å². The summed E-state index contributed by atoms with van der Waals surface area (Å²) < 4.78 is 33.9. The number of hydrogen-bond acceptors (Lipinski definition) is 5. The monoisotopic (exact) mass is 329 g/mol. The van der Waals surface area contributed by atoms with Crippen molar-refractivity contribution in [2.45, 2.75) is 6.61 Å². The van der Waals surface area contributed by atoms with Crippen LogP contribution in [-0.2, 0) is 0 Å². The summed E-state index contributed by atoms with van der Waals surface area (Å²) in [5, 5.41) is 6.08. The molecular weight excluding hydrogens is 308 g/mol. The van der Waals surface area contributed by atoms with Crippen molar-refractivity contribution in [3.05, 3.63) is 23.8 Å². The van der Waals surface area contributed by atoms with Crippen molar-refractivity contribution >= 4 is 5.91 Å². The molecule has 0 unspecified atom stereocenters. The topological polar surface area (TPSA) is 62.8 Å². The minimum Gasteiger partial charge on any atom is -0.493 e. The van der Waals surface area contributed by atoms with Gasteiger partial charge in [-0.05, 0) is 18.2 Å². The Balaban J connectivity index is 1.88. The third-order valence-electron chi connectivity index (χ3n) is 3.57. The molecule has 1 fully saturated rings. The molecule has 128 valence electrons. The first-order valence-electron chi connectivity index (χ1n) is 7.44. The van der Waals surface area contributed by atoms with Crippen LogP contribution in [0.1, 0.15) is 10.4 Å². The van der Waals surface area contributed by atoms with Crippen LogP contribution in [0.4, 0.5) is 8.78 Å². The smallest absolute Gasteiger partial charge is 0.387 e. The number of rotatable bonds is 7. The van der Waals surface area contributed by atoms with E-state index in [1.165, 1.54) is 25.3 Å². The van der Waals surface area contributed by atoms with Gasteiger partial charge in [0.2, 0.25) is 0 Å². The second-order valence-electron chi connectivity index (χ2n) is 5.09. The number of halogens is 2. The van der Waals surface area contributed by atoms with Crippen molar-refractivity contribution in [1.29, 1.82) is 0 Å². The molecule has 1 heterocycles. The first-order valence-corrected chi connectivity index (χ1v) is 7.44. The summed E-state index contributed by atoms with van der Waals surface area (Å²) in [6, 6.07) is 4.12. The zero-order valence-electron chi connectivity index (χ0n) is 13.0. The zero-order valence-corrected chi connectivity index (χ0v) is 13.0. The van der Waals surface area contributed by atoms with Gasteiger partial charge in [-0.3, -0.25) is 9.69 Å². The minimum atomic E-state index is -2.94. The van der Waals surface area contributed by atoms with Crippen molar-refractivity contribution in [1.82, 2.24) is 15.5 Å². The highest BCUT2D eigenvalue weighted by atomic mass is 19.3. The lowest BCUT2D eigenvalue weighted by Crippen LogP contribution is -2.46. The normalized spacial score (nSPS) is 15.5. The molecular formula is C15H21F2N3O3. The van der Waals surface area contributed by atoms with Crippen molar-refractivity contribution in [2.75, 3.05) is 46.4 Å². The Hall–Kier alpha value is -1.93. The molecule has 1 aromatic rings. The van der Waals surface area contributed by atoms with Crippen LogP contribution < -0.4 is 20.1 Å². The highest BCUT2D eigenvalue weighted by molar-refractivity contribution is 5.94. The van der Waals surface area contributed by atoms with Gasteiger partial charge in [-0.25, -0.2) is 0 Å². The van der Waals surface area contributed by atoms with E-state index in [1.54, 1.807) is 0 Å². The summed E-state index contributed by atoms with van der Waals surface area (Å²) in [5.41, 5.74) is 0.337. The van der Waals surface area contributed by atoms with Crippen molar-refractivity contribution in [3.63, 3.8) is 0 Å². The van der Waals surface area contributed by atoms with Crippen LogP contribution in [-0.4, -0.2) is 63.8 Å². The number of methoxy groups -OCH3 is 1. The van der Waals surface area contributed by atoms with E-state index in [2.05, 4.69) is 20.3 Å². The number of carbonyl (C=O) groups excluding carboxylic acids is 1. The molecule has 6 nitrogen and oxygen atoms in total. The summed E-state index contributed by atoms with van der Waals surface area (Å²) in [7, 11) is 1.33. The second-order valence-corrected chi connectivity index (χ2v) is 5.09. The Morgan fingerprint density at radius 2 is 2.09 bits per heavy atom. The lowest BCUT2D eigenvalue weighted by molar-refractivity contribution is -0.0512. The number of nitrogens with zero attached hydrogens (tertiary/aromatic N) is 1. The molecule has 0 bridgehead atoms. The van der Waals surface area contributed by atoms with E-state index in [9.17, 15) is 13.6 Å².